The fraction of sp³-hybridized carbons (Fsp3) is 0.625. The average Bonchev–Trinajstić information content (AvgIpc) is 2.49. The Hall–Kier alpha value is -1.10. The van der Waals surface area contributed by atoms with Crippen molar-refractivity contribution in [1.29, 1.82) is 0 Å². The fourth-order valence-electron chi connectivity index (χ4n) is 2.58. The van der Waals surface area contributed by atoms with Crippen molar-refractivity contribution in [3.05, 3.63) is 29.8 Å². The van der Waals surface area contributed by atoms with E-state index in [-0.39, 0.29) is 6.61 Å². The molecule has 4 nitrogen and oxygen atoms in total. The van der Waals surface area contributed by atoms with Crippen LogP contribution in [0.4, 0.5) is 0 Å². The van der Waals surface area contributed by atoms with E-state index < -0.39 is 0 Å². The number of piperidine rings is 1. The molecule has 20 heavy (non-hydrogen) atoms. The summed E-state index contributed by atoms with van der Waals surface area (Å²) in [5, 5.41) is 8.75. The van der Waals surface area contributed by atoms with Crippen LogP contribution >= 0.6 is 0 Å². The molecule has 1 aliphatic heterocycles. The normalized spacial score (nSPS) is 17.3. The Morgan fingerprint density at radius 2 is 2.10 bits per heavy atom. The first-order valence-electron chi connectivity index (χ1n) is 7.39. The fourth-order valence-corrected chi connectivity index (χ4v) is 2.58. The second-order valence-electron chi connectivity index (χ2n) is 5.27. The lowest BCUT2D eigenvalue weighted by Gasteiger charge is -2.32. The van der Waals surface area contributed by atoms with Crippen molar-refractivity contribution in [3.63, 3.8) is 0 Å². The summed E-state index contributed by atoms with van der Waals surface area (Å²) in [5.74, 6) is 0.921. The molecule has 0 aromatic heterocycles. The van der Waals surface area contributed by atoms with Gasteiger partial charge in [0.15, 0.2) is 0 Å². The third kappa shape index (κ3) is 4.78. The SMILES string of the molecule is COc1cccc(CN2CCC(OCCCO)CC2)c1. The van der Waals surface area contributed by atoms with E-state index in [0.717, 1.165) is 44.6 Å². The third-order valence-electron chi connectivity index (χ3n) is 3.73. The molecule has 1 aliphatic rings. The first-order chi connectivity index (χ1) is 9.81. The van der Waals surface area contributed by atoms with Crippen molar-refractivity contribution in [1.82, 2.24) is 4.90 Å². The van der Waals surface area contributed by atoms with Crippen molar-refractivity contribution < 1.29 is 14.6 Å². The number of aliphatic hydroxyl groups is 1. The van der Waals surface area contributed by atoms with Gasteiger partial charge in [0, 0.05) is 32.8 Å². The monoisotopic (exact) mass is 279 g/mol. The highest BCUT2D eigenvalue weighted by Gasteiger charge is 2.19. The van der Waals surface area contributed by atoms with E-state index in [9.17, 15) is 0 Å². The topological polar surface area (TPSA) is 41.9 Å². The van der Waals surface area contributed by atoms with E-state index in [4.69, 9.17) is 14.6 Å². The Balaban J connectivity index is 1.73. The largest absolute Gasteiger partial charge is 0.497 e. The van der Waals surface area contributed by atoms with E-state index in [1.54, 1.807) is 7.11 Å². The van der Waals surface area contributed by atoms with Crippen molar-refractivity contribution in [2.24, 2.45) is 0 Å². The molecular weight excluding hydrogens is 254 g/mol. The average molecular weight is 279 g/mol. The number of rotatable bonds is 7. The predicted molar refractivity (Wildman–Crippen MR) is 78.9 cm³/mol. The summed E-state index contributed by atoms with van der Waals surface area (Å²) < 4.78 is 11.0. The maximum Gasteiger partial charge on any atom is 0.119 e. The minimum atomic E-state index is 0.217. The molecule has 2 rings (SSSR count). The smallest absolute Gasteiger partial charge is 0.119 e. The van der Waals surface area contributed by atoms with Crippen LogP contribution in [0.1, 0.15) is 24.8 Å². The Morgan fingerprint density at radius 3 is 2.80 bits per heavy atom. The minimum absolute atomic E-state index is 0.217. The molecule has 0 saturated carbocycles. The summed E-state index contributed by atoms with van der Waals surface area (Å²) in [4.78, 5) is 2.46. The van der Waals surface area contributed by atoms with Gasteiger partial charge in [-0.1, -0.05) is 12.1 Å². The first kappa shape index (κ1) is 15.3. The van der Waals surface area contributed by atoms with Gasteiger partial charge < -0.3 is 14.6 Å². The number of ether oxygens (including phenoxy) is 2. The van der Waals surface area contributed by atoms with E-state index in [2.05, 4.69) is 17.0 Å². The zero-order valence-electron chi connectivity index (χ0n) is 12.3. The quantitative estimate of drug-likeness (QED) is 0.776. The molecule has 0 unspecified atom stereocenters. The standard InChI is InChI=1S/C16H25NO3/c1-19-16-5-2-4-14(12-16)13-17-8-6-15(7-9-17)20-11-3-10-18/h2,4-5,12,15,18H,3,6-11,13H2,1H3. The number of hydrogen-bond donors (Lipinski definition) is 1. The molecule has 0 aliphatic carbocycles. The number of aliphatic hydroxyl groups excluding tert-OH is 1. The summed E-state index contributed by atoms with van der Waals surface area (Å²) in [7, 11) is 1.70. The summed E-state index contributed by atoms with van der Waals surface area (Å²) >= 11 is 0. The van der Waals surface area contributed by atoms with Crippen LogP contribution in [0.3, 0.4) is 0 Å². The second kappa shape index (κ2) is 8.25. The minimum Gasteiger partial charge on any atom is -0.497 e. The molecule has 112 valence electrons. The van der Waals surface area contributed by atoms with E-state index >= 15 is 0 Å². The van der Waals surface area contributed by atoms with E-state index in [1.807, 2.05) is 12.1 Å². The lowest BCUT2D eigenvalue weighted by atomic mass is 10.1. The van der Waals surface area contributed by atoms with Gasteiger partial charge in [-0.2, -0.15) is 0 Å². The van der Waals surface area contributed by atoms with E-state index in [1.165, 1.54) is 5.56 Å². The van der Waals surface area contributed by atoms with Crippen LogP contribution in [-0.4, -0.2) is 49.5 Å². The molecule has 1 heterocycles. The van der Waals surface area contributed by atoms with Crippen LogP contribution < -0.4 is 4.74 Å². The van der Waals surface area contributed by atoms with Crippen LogP contribution in [-0.2, 0) is 11.3 Å². The Morgan fingerprint density at radius 1 is 1.30 bits per heavy atom. The van der Waals surface area contributed by atoms with Crippen LogP contribution in [0, 0.1) is 0 Å². The lowest BCUT2D eigenvalue weighted by molar-refractivity contribution is 0.000776. The molecule has 1 N–H and O–H groups in total. The van der Waals surface area contributed by atoms with Gasteiger partial charge in [0.1, 0.15) is 5.75 Å². The van der Waals surface area contributed by atoms with Crippen LogP contribution in [0.5, 0.6) is 5.75 Å². The van der Waals surface area contributed by atoms with Gasteiger partial charge in [0.05, 0.1) is 13.2 Å². The molecule has 4 heteroatoms. The number of hydrogen-bond acceptors (Lipinski definition) is 4. The van der Waals surface area contributed by atoms with Crippen molar-refractivity contribution >= 4 is 0 Å². The Labute approximate surface area is 121 Å². The number of benzene rings is 1. The van der Waals surface area contributed by atoms with Gasteiger partial charge >= 0.3 is 0 Å². The van der Waals surface area contributed by atoms with Crippen LogP contribution in [0.2, 0.25) is 0 Å². The van der Waals surface area contributed by atoms with Crippen molar-refractivity contribution in [2.45, 2.75) is 31.9 Å². The maximum atomic E-state index is 8.75. The molecule has 0 spiro atoms. The second-order valence-corrected chi connectivity index (χ2v) is 5.27. The molecule has 1 saturated heterocycles. The van der Waals surface area contributed by atoms with Crippen LogP contribution in [0.25, 0.3) is 0 Å². The lowest BCUT2D eigenvalue weighted by Crippen LogP contribution is -2.36. The summed E-state index contributed by atoms with van der Waals surface area (Å²) in [5.41, 5.74) is 1.30. The molecule has 0 atom stereocenters. The summed E-state index contributed by atoms with van der Waals surface area (Å²) in [6.45, 7) is 4.01. The Kier molecular flexibility index (Phi) is 6.30. The van der Waals surface area contributed by atoms with E-state index in [0.29, 0.717) is 12.7 Å². The summed E-state index contributed by atoms with van der Waals surface area (Å²) in [6.07, 6.45) is 3.26. The Bertz CT molecular complexity index is 389. The highest BCUT2D eigenvalue weighted by molar-refractivity contribution is 5.28. The van der Waals surface area contributed by atoms with Crippen molar-refractivity contribution in [2.75, 3.05) is 33.4 Å². The molecule has 1 aromatic rings. The molecule has 1 fully saturated rings. The highest BCUT2D eigenvalue weighted by atomic mass is 16.5. The van der Waals surface area contributed by atoms with Gasteiger partial charge in [-0.05, 0) is 37.0 Å². The first-order valence-corrected chi connectivity index (χ1v) is 7.39. The number of nitrogens with zero attached hydrogens (tertiary/aromatic N) is 1. The van der Waals surface area contributed by atoms with Gasteiger partial charge in [0.25, 0.3) is 0 Å². The molecule has 0 radical (unpaired) electrons. The predicted octanol–water partition coefficient (Wildman–Crippen LogP) is 2.06. The van der Waals surface area contributed by atoms with Crippen LogP contribution in [0.15, 0.2) is 24.3 Å². The molecular formula is C16H25NO3. The number of methoxy groups -OCH3 is 1. The highest BCUT2D eigenvalue weighted by Crippen LogP contribution is 2.18. The van der Waals surface area contributed by atoms with Crippen molar-refractivity contribution in [3.8, 4) is 5.75 Å². The molecule has 1 aromatic carbocycles. The molecule has 0 bridgehead atoms. The zero-order valence-corrected chi connectivity index (χ0v) is 12.3. The maximum absolute atomic E-state index is 8.75. The zero-order chi connectivity index (χ0) is 14.2. The van der Waals surface area contributed by atoms with Gasteiger partial charge in [0.2, 0.25) is 0 Å². The van der Waals surface area contributed by atoms with Gasteiger partial charge in [-0.3, -0.25) is 4.90 Å². The number of likely N-dealkylation sites (tertiary alicyclic amines) is 1. The van der Waals surface area contributed by atoms with Gasteiger partial charge in [-0.25, -0.2) is 0 Å². The summed E-state index contributed by atoms with van der Waals surface area (Å²) in [6, 6.07) is 8.26. The van der Waals surface area contributed by atoms with Gasteiger partial charge in [-0.15, -0.1) is 0 Å². The third-order valence-corrected chi connectivity index (χ3v) is 3.73. The molecule has 0 amide bonds.